The molecule has 0 aliphatic rings. The first kappa shape index (κ1) is 16.4. The van der Waals surface area contributed by atoms with Gasteiger partial charge >= 0.3 is 0 Å². The van der Waals surface area contributed by atoms with Crippen molar-refractivity contribution in [1.82, 2.24) is 0 Å². The molecule has 0 saturated carbocycles. The molecule has 0 aliphatic carbocycles. The zero-order valence-corrected chi connectivity index (χ0v) is 16.5. The van der Waals surface area contributed by atoms with Crippen molar-refractivity contribution in [2.75, 3.05) is 0 Å². The highest BCUT2D eigenvalue weighted by atomic mass is 79.9. The number of rotatable bonds is 4. The summed E-state index contributed by atoms with van der Waals surface area (Å²) in [6.07, 6.45) is 0. The standard InChI is InChI=1S/C15H10Br4O/c16-11-5-1-3-9(7-11)13(18)14(19)15(20)10-4-2-6-12(17)8-10/h1-8,13-14H/t13-,14+/m0/s1. The third-order valence-electron chi connectivity index (χ3n) is 2.78. The molecule has 2 rings (SSSR count). The first-order valence-corrected chi connectivity index (χ1v) is 9.24. The van der Waals surface area contributed by atoms with Crippen molar-refractivity contribution in [1.29, 1.82) is 0 Å². The van der Waals surface area contributed by atoms with Crippen LogP contribution in [0.25, 0.3) is 0 Å². The number of carbonyl (C=O) groups excluding carboxylic acids is 1. The monoisotopic (exact) mass is 522 g/mol. The minimum atomic E-state index is -0.328. The summed E-state index contributed by atoms with van der Waals surface area (Å²) in [5.41, 5.74) is 1.73. The SMILES string of the molecule is O=C(c1cccc(Br)c1)[C@H](Br)[C@@H](Br)c1cccc(Br)c1. The van der Waals surface area contributed by atoms with Crippen LogP contribution in [0.4, 0.5) is 0 Å². The molecule has 1 nitrogen and oxygen atoms in total. The highest BCUT2D eigenvalue weighted by Gasteiger charge is 2.26. The van der Waals surface area contributed by atoms with E-state index in [0.717, 1.165) is 14.5 Å². The molecule has 2 aromatic rings. The molecule has 0 unspecified atom stereocenters. The van der Waals surface area contributed by atoms with Gasteiger partial charge in [0, 0.05) is 14.5 Å². The maximum atomic E-state index is 12.5. The zero-order chi connectivity index (χ0) is 14.7. The molecule has 5 heteroatoms. The van der Waals surface area contributed by atoms with Gasteiger partial charge in [0.1, 0.15) is 0 Å². The van der Waals surface area contributed by atoms with Gasteiger partial charge in [-0.1, -0.05) is 88.0 Å². The van der Waals surface area contributed by atoms with Crippen LogP contribution in [0.2, 0.25) is 0 Å². The number of benzene rings is 2. The number of ketones is 1. The van der Waals surface area contributed by atoms with E-state index in [1.54, 1.807) is 0 Å². The number of hydrogen-bond acceptors (Lipinski definition) is 1. The van der Waals surface area contributed by atoms with E-state index in [0.29, 0.717) is 5.56 Å². The minimum Gasteiger partial charge on any atom is -0.293 e. The molecule has 0 aromatic heterocycles. The predicted octanol–water partition coefficient (Wildman–Crippen LogP) is 6.29. The first-order valence-electron chi connectivity index (χ1n) is 5.82. The molecule has 0 fully saturated rings. The van der Waals surface area contributed by atoms with Crippen LogP contribution >= 0.6 is 63.7 Å². The Kier molecular flexibility index (Phi) is 6.02. The molecular weight excluding hydrogens is 516 g/mol. The van der Waals surface area contributed by atoms with Crippen LogP contribution < -0.4 is 0 Å². The maximum Gasteiger partial charge on any atom is 0.177 e. The van der Waals surface area contributed by atoms with Crippen LogP contribution in [-0.2, 0) is 0 Å². The van der Waals surface area contributed by atoms with Crippen LogP contribution in [-0.4, -0.2) is 10.6 Å². The van der Waals surface area contributed by atoms with E-state index >= 15 is 0 Å². The predicted molar refractivity (Wildman–Crippen MR) is 97.0 cm³/mol. The van der Waals surface area contributed by atoms with Gasteiger partial charge in [0.05, 0.1) is 9.65 Å². The van der Waals surface area contributed by atoms with Gasteiger partial charge in [-0.2, -0.15) is 0 Å². The highest BCUT2D eigenvalue weighted by Crippen LogP contribution is 2.34. The van der Waals surface area contributed by atoms with Crippen LogP contribution in [0.5, 0.6) is 0 Å². The fraction of sp³-hybridized carbons (Fsp3) is 0.133. The van der Waals surface area contributed by atoms with Crippen LogP contribution in [0.1, 0.15) is 20.7 Å². The maximum absolute atomic E-state index is 12.5. The van der Waals surface area contributed by atoms with Gasteiger partial charge in [-0.15, -0.1) is 0 Å². The van der Waals surface area contributed by atoms with E-state index in [1.807, 2.05) is 48.5 Å². The van der Waals surface area contributed by atoms with Crippen molar-refractivity contribution >= 4 is 69.5 Å². The largest absolute Gasteiger partial charge is 0.293 e. The van der Waals surface area contributed by atoms with Crippen molar-refractivity contribution in [3.05, 3.63) is 68.6 Å². The fourth-order valence-electron chi connectivity index (χ4n) is 1.78. The molecule has 0 aliphatic heterocycles. The zero-order valence-electron chi connectivity index (χ0n) is 10.2. The topological polar surface area (TPSA) is 17.1 Å². The number of alkyl halides is 2. The Morgan fingerprint density at radius 1 is 0.900 bits per heavy atom. The molecule has 104 valence electrons. The van der Waals surface area contributed by atoms with Crippen molar-refractivity contribution in [2.45, 2.75) is 9.65 Å². The summed E-state index contributed by atoms with van der Waals surface area (Å²) in [5, 5.41) is 0. The van der Waals surface area contributed by atoms with E-state index in [-0.39, 0.29) is 15.4 Å². The molecule has 0 amide bonds. The van der Waals surface area contributed by atoms with Gasteiger partial charge in [0.15, 0.2) is 5.78 Å². The van der Waals surface area contributed by atoms with Gasteiger partial charge in [0.25, 0.3) is 0 Å². The van der Waals surface area contributed by atoms with Gasteiger partial charge < -0.3 is 0 Å². The lowest BCUT2D eigenvalue weighted by atomic mass is 10.0. The van der Waals surface area contributed by atoms with Crippen molar-refractivity contribution in [2.24, 2.45) is 0 Å². The van der Waals surface area contributed by atoms with E-state index in [9.17, 15) is 4.79 Å². The van der Waals surface area contributed by atoms with Crippen molar-refractivity contribution < 1.29 is 4.79 Å². The molecule has 0 N–H and O–H groups in total. The summed E-state index contributed by atoms with van der Waals surface area (Å²) in [4.78, 5) is 12.1. The Bertz CT molecular complexity index is 627. The van der Waals surface area contributed by atoms with Crippen LogP contribution in [0, 0.1) is 0 Å². The quantitative estimate of drug-likeness (QED) is 0.338. The van der Waals surface area contributed by atoms with Gasteiger partial charge in [-0.3, -0.25) is 4.79 Å². The summed E-state index contributed by atoms with van der Waals surface area (Å²) >= 11 is 13.9. The van der Waals surface area contributed by atoms with Gasteiger partial charge in [0.2, 0.25) is 0 Å². The van der Waals surface area contributed by atoms with Gasteiger partial charge in [-0.25, -0.2) is 0 Å². The highest BCUT2D eigenvalue weighted by molar-refractivity contribution is 9.12. The Balaban J connectivity index is 2.22. The Morgan fingerprint density at radius 3 is 2.10 bits per heavy atom. The molecule has 0 radical (unpaired) electrons. The molecule has 20 heavy (non-hydrogen) atoms. The molecule has 2 atom stereocenters. The summed E-state index contributed by atoms with van der Waals surface area (Å²) in [6, 6.07) is 15.3. The molecule has 2 aromatic carbocycles. The number of carbonyl (C=O) groups is 1. The lowest BCUT2D eigenvalue weighted by Crippen LogP contribution is -2.19. The van der Waals surface area contributed by atoms with E-state index in [2.05, 4.69) is 63.7 Å². The van der Waals surface area contributed by atoms with Crippen molar-refractivity contribution in [3.63, 3.8) is 0 Å². The lowest BCUT2D eigenvalue weighted by Gasteiger charge is -2.16. The molecular formula is C15H10Br4O. The van der Waals surface area contributed by atoms with E-state index < -0.39 is 0 Å². The van der Waals surface area contributed by atoms with Gasteiger partial charge in [-0.05, 0) is 29.8 Å². The van der Waals surface area contributed by atoms with Crippen LogP contribution in [0.15, 0.2) is 57.5 Å². The fourth-order valence-corrected chi connectivity index (χ4v) is 3.69. The molecule has 0 spiro atoms. The molecule has 0 heterocycles. The lowest BCUT2D eigenvalue weighted by molar-refractivity contribution is 0.0991. The number of hydrogen-bond donors (Lipinski definition) is 0. The molecule has 0 saturated heterocycles. The summed E-state index contributed by atoms with van der Waals surface area (Å²) in [6.45, 7) is 0. The average Bonchev–Trinajstić information content (AvgIpc) is 2.45. The van der Waals surface area contributed by atoms with E-state index in [4.69, 9.17) is 0 Å². The normalized spacial score (nSPS) is 13.8. The van der Waals surface area contributed by atoms with Crippen LogP contribution in [0.3, 0.4) is 0 Å². The minimum absolute atomic E-state index is 0.0492. The number of Topliss-reactive ketones (excluding diaryl/α,β-unsaturated/α-hetero) is 1. The number of halogens is 4. The second kappa shape index (κ2) is 7.34. The third kappa shape index (κ3) is 4.03. The summed E-state index contributed by atoms with van der Waals surface area (Å²) in [7, 11) is 0. The Labute approximate surface area is 151 Å². The summed E-state index contributed by atoms with van der Waals surface area (Å²) < 4.78 is 1.89. The Morgan fingerprint density at radius 2 is 1.50 bits per heavy atom. The van der Waals surface area contributed by atoms with E-state index in [1.165, 1.54) is 0 Å². The first-order chi connectivity index (χ1) is 9.49. The summed E-state index contributed by atoms with van der Waals surface area (Å²) in [5.74, 6) is 0.0492. The van der Waals surface area contributed by atoms with Crippen molar-refractivity contribution in [3.8, 4) is 0 Å². The second-order valence-corrected chi connectivity index (χ2v) is 8.04. The second-order valence-electron chi connectivity index (χ2n) is 4.23. The average molecular weight is 526 g/mol. The smallest absolute Gasteiger partial charge is 0.177 e. The molecule has 0 bridgehead atoms. The third-order valence-corrected chi connectivity index (χ3v) is 6.48. The Hall–Kier alpha value is 0.0300.